The van der Waals surface area contributed by atoms with Gasteiger partial charge in [-0.2, -0.15) is 0 Å². The Bertz CT molecular complexity index is 820. The second-order valence-corrected chi connectivity index (χ2v) is 7.39. The molecule has 7 heteroatoms. The summed E-state index contributed by atoms with van der Waals surface area (Å²) in [5.41, 5.74) is 1.01. The van der Waals surface area contributed by atoms with Gasteiger partial charge in [0.15, 0.2) is 0 Å². The van der Waals surface area contributed by atoms with Crippen molar-refractivity contribution in [1.29, 1.82) is 0 Å². The van der Waals surface area contributed by atoms with E-state index in [1.54, 1.807) is 34.1 Å². The van der Waals surface area contributed by atoms with Crippen LogP contribution in [-0.4, -0.2) is 47.8 Å². The summed E-state index contributed by atoms with van der Waals surface area (Å²) in [6.45, 7) is 1.87. The lowest BCUT2D eigenvalue weighted by Crippen LogP contribution is -2.50. The smallest absolute Gasteiger partial charge is 0.255 e. The van der Waals surface area contributed by atoms with Gasteiger partial charge in [-0.15, -0.1) is 0 Å². The Kier molecular flexibility index (Phi) is 5.67. The lowest BCUT2D eigenvalue weighted by atomic mass is 10.1. The molecule has 0 saturated carbocycles. The lowest BCUT2D eigenvalue weighted by molar-refractivity contribution is 0.0535. The molecule has 1 aliphatic rings. The van der Waals surface area contributed by atoms with Gasteiger partial charge in [0.1, 0.15) is 0 Å². The van der Waals surface area contributed by atoms with Gasteiger partial charge in [-0.3, -0.25) is 9.59 Å². The van der Waals surface area contributed by atoms with Crippen LogP contribution in [0.3, 0.4) is 0 Å². The van der Waals surface area contributed by atoms with E-state index in [2.05, 4.69) is 15.9 Å². The van der Waals surface area contributed by atoms with Crippen molar-refractivity contribution >= 4 is 50.9 Å². The van der Waals surface area contributed by atoms with E-state index in [-0.39, 0.29) is 11.8 Å². The monoisotopic (exact) mass is 440 g/mol. The summed E-state index contributed by atoms with van der Waals surface area (Å²) in [6, 6.07) is 12.2. The first-order chi connectivity index (χ1) is 12.0. The van der Waals surface area contributed by atoms with Crippen molar-refractivity contribution < 1.29 is 9.59 Å². The number of carbonyl (C=O) groups excluding carboxylic acids is 2. The number of carbonyl (C=O) groups is 2. The number of nitrogens with zero attached hydrogens (tertiary/aromatic N) is 2. The fourth-order valence-electron chi connectivity index (χ4n) is 2.75. The predicted molar refractivity (Wildman–Crippen MR) is 102 cm³/mol. The van der Waals surface area contributed by atoms with Crippen molar-refractivity contribution in [3.8, 4) is 0 Å². The van der Waals surface area contributed by atoms with E-state index in [0.29, 0.717) is 47.4 Å². The van der Waals surface area contributed by atoms with Crippen LogP contribution in [0.25, 0.3) is 0 Å². The Morgan fingerprint density at radius 3 is 2.00 bits per heavy atom. The molecule has 4 nitrogen and oxygen atoms in total. The standard InChI is InChI=1S/C18H15BrCl2N2O2/c19-15-4-2-1-3-13(15)17(24)22-7-9-23(10-8-22)18(25)14-11-12(20)5-6-16(14)21/h1-6,11H,7-10H2. The third kappa shape index (κ3) is 4.00. The van der Waals surface area contributed by atoms with Crippen molar-refractivity contribution in [2.45, 2.75) is 0 Å². The molecule has 1 saturated heterocycles. The fourth-order valence-corrected chi connectivity index (χ4v) is 3.57. The maximum Gasteiger partial charge on any atom is 0.255 e. The van der Waals surface area contributed by atoms with Gasteiger partial charge in [0.2, 0.25) is 0 Å². The molecule has 130 valence electrons. The predicted octanol–water partition coefficient (Wildman–Crippen LogP) is 4.35. The summed E-state index contributed by atoms with van der Waals surface area (Å²) >= 11 is 15.5. The highest BCUT2D eigenvalue weighted by Crippen LogP contribution is 2.23. The molecule has 0 bridgehead atoms. The zero-order valence-electron chi connectivity index (χ0n) is 13.2. The molecule has 1 aliphatic heterocycles. The van der Waals surface area contributed by atoms with E-state index in [1.165, 1.54) is 0 Å². The molecule has 0 unspecified atom stereocenters. The summed E-state index contributed by atoms with van der Waals surface area (Å²) < 4.78 is 0.768. The Hall–Kier alpha value is -1.56. The van der Waals surface area contributed by atoms with Gasteiger partial charge >= 0.3 is 0 Å². The van der Waals surface area contributed by atoms with E-state index in [0.717, 1.165) is 4.47 Å². The van der Waals surface area contributed by atoms with Gasteiger partial charge in [0, 0.05) is 35.7 Å². The first kappa shape index (κ1) is 18.2. The zero-order chi connectivity index (χ0) is 18.0. The van der Waals surface area contributed by atoms with Crippen LogP contribution in [0.1, 0.15) is 20.7 Å². The summed E-state index contributed by atoms with van der Waals surface area (Å²) in [5, 5.41) is 0.844. The molecule has 1 heterocycles. The van der Waals surface area contributed by atoms with Gasteiger partial charge in [-0.25, -0.2) is 0 Å². The zero-order valence-corrected chi connectivity index (χ0v) is 16.3. The molecule has 0 aliphatic carbocycles. The normalized spacial score (nSPS) is 14.5. The average molecular weight is 442 g/mol. The van der Waals surface area contributed by atoms with Crippen LogP contribution < -0.4 is 0 Å². The van der Waals surface area contributed by atoms with Crippen molar-refractivity contribution in [2.24, 2.45) is 0 Å². The molecular formula is C18H15BrCl2N2O2. The maximum absolute atomic E-state index is 12.6. The molecule has 0 aromatic heterocycles. The minimum Gasteiger partial charge on any atom is -0.335 e. The molecule has 0 spiro atoms. The third-order valence-corrected chi connectivity index (χ3v) is 5.37. The highest BCUT2D eigenvalue weighted by atomic mass is 79.9. The molecule has 0 atom stereocenters. The SMILES string of the molecule is O=C(c1cc(Cl)ccc1Cl)N1CCN(C(=O)c2ccccc2Br)CC1. The van der Waals surface area contributed by atoms with Gasteiger partial charge in [-0.1, -0.05) is 35.3 Å². The Labute approximate surface area is 164 Å². The van der Waals surface area contributed by atoms with E-state index in [1.807, 2.05) is 18.2 Å². The summed E-state index contributed by atoms with van der Waals surface area (Å²) in [4.78, 5) is 28.7. The number of hydrogen-bond donors (Lipinski definition) is 0. The number of hydrogen-bond acceptors (Lipinski definition) is 2. The molecule has 25 heavy (non-hydrogen) atoms. The minimum absolute atomic E-state index is 0.0413. The van der Waals surface area contributed by atoms with E-state index in [9.17, 15) is 9.59 Å². The molecule has 3 rings (SSSR count). The van der Waals surface area contributed by atoms with Crippen LogP contribution in [0.5, 0.6) is 0 Å². The summed E-state index contributed by atoms with van der Waals surface area (Å²) in [7, 11) is 0. The van der Waals surface area contributed by atoms with Crippen LogP contribution in [0, 0.1) is 0 Å². The van der Waals surface area contributed by atoms with Crippen LogP contribution in [-0.2, 0) is 0 Å². The van der Waals surface area contributed by atoms with Crippen molar-refractivity contribution in [3.63, 3.8) is 0 Å². The van der Waals surface area contributed by atoms with E-state index < -0.39 is 0 Å². The Morgan fingerprint density at radius 2 is 1.40 bits per heavy atom. The van der Waals surface area contributed by atoms with E-state index >= 15 is 0 Å². The molecular weight excluding hydrogens is 427 g/mol. The molecule has 2 amide bonds. The third-order valence-electron chi connectivity index (χ3n) is 4.12. The van der Waals surface area contributed by atoms with Crippen molar-refractivity contribution in [1.82, 2.24) is 9.80 Å². The molecule has 0 radical (unpaired) electrons. The van der Waals surface area contributed by atoms with Gasteiger partial charge in [0.25, 0.3) is 11.8 Å². The summed E-state index contributed by atoms with van der Waals surface area (Å²) in [6.07, 6.45) is 0. The van der Waals surface area contributed by atoms with E-state index in [4.69, 9.17) is 23.2 Å². The molecule has 1 fully saturated rings. The molecule has 2 aromatic carbocycles. The van der Waals surface area contributed by atoms with Crippen molar-refractivity contribution in [3.05, 3.63) is 68.1 Å². The largest absolute Gasteiger partial charge is 0.335 e. The van der Waals surface area contributed by atoms with Crippen LogP contribution in [0.15, 0.2) is 46.9 Å². The van der Waals surface area contributed by atoms with Gasteiger partial charge in [0.05, 0.1) is 16.1 Å². The van der Waals surface area contributed by atoms with Crippen LogP contribution >= 0.6 is 39.1 Å². The van der Waals surface area contributed by atoms with Gasteiger partial charge < -0.3 is 9.80 Å². The topological polar surface area (TPSA) is 40.6 Å². The lowest BCUT2D eigenvalue weighted by Gasteiger charge is -2.35. The first-order valence-corrected chi connectivity index (χ1v) is 9.30. The fraction of sp³-hybridized carbons (Fsp3) is 0.222. The second kappa shape index (κ2) is 7.77. The summed E-state index contributed by atoms with van der Waals surface area (Å²) in [5.74, 6) is -0.208. The molecule has 2 aromatic rings. The van der Waals surface area contributed by atoms with Gasteiger partial charge in [-0.05, 0) is 46.3 Å². The quantitative estimate of drug-likeness (QED) is 0.694. The maximum atomic E-state index is 12.6. The number of rotatable bonds is 2. The Balaban J connectivity index is 1.68. The van der Waals surface area contributed by atoms with Crippen molar-refractivity contribution in [2.75, 3.05) is 26.2 Å². The number of halogens is 3. The average Bonchev–Trinajstić information content (AvgIpc) is 2.63. The number of amides is 2. The second-order valence-electron chi connectivity index (χ2n) is 5.69. The first-order valence-electron chi connectivity index (χ1n) is 7.75. The number of piperazine rings is 1. The van der Waals surface area contributed by atoms with Crippen LogP contribution in [0.2, 0.25) is 10.0 Å². The number of benzene rings is 2. The molecule has 0 N–H and O–H groups in total. The minimum atomic E-state index is -0.166. The Morgan fingerprint density at radius 1 is 0.840 bits per heavy atom. The highest BCUT2D eigenvalue weighted by molar-refractivity contribution is 9.10. The highest BCUT2D eigenvalue weighted by Gasteiger charge is 2.27. The van der Waals surface area contributed by atoms with Crippen LogP contribution in [0.4, 0.5) is 0 Å².